The average molecular weight is 805 g/mol. The quantitative estimate of drug-likeness (QED) is 0.108. The summed E-state index contributed by atoms with van der Waals surface area (Å²) in [5.74, 6) is 3.26. The number of sulfonamides is 1. The largest absolute Gasteiger partial charge is 0.497 e. The van der Waals surface area contributed by atoms with Crippen LogP contribution in [0.2, 0.25) is 0 Å². The molecule has 2 heterocycles. The highest BCUT2D eigenvalue weighted by atomic mass is 79.9. The molecule has 7 rings (SSSR count). The van der Waals surface area contributed by atoms with Gasteiger partial charge in [0.25, 0.3) is 10.0 Å². The lowest BCUT2D eigenvalue weighted by atomic mass is 10.2. The van der Waals surface area contributed by atoms with E-state index in [0.29, 0.717) is 50.7 Å². The van der Waals surface area contributed by atoms with Crippen LogP contribution in [0, 0.1) is 0 Å². The first-order valence-electron chi connectivity index (χ1n) is 16.7. The summed E-state index contributed by atoms with van der Waals surface area (Å²) in [5, 5.41) is 13.2. The van der Waals surface area contributed by atoms with E-state index in [1.165, 1.54) is 18.5 Å². The Morgan fingerprint density at radius 2 is 1.42 bits per heavy atom. The molecule has 1 fully saturated rings. The Hall–Kier alpha value is -5.41. The third-order valence-electron chi connectivity index (χ3n) is 9.02. The van der Waals surface area contributed by atoms with Crippen LogP contribution in [0.1, 0.15) is 35.6 Å². The molecule has 1 aliphatic carbocycles. The highest BCUT2D eigenvalue weighted by Crippen LogP contribution is 2.44. The van der Waals surface area contributed by atoms with Crippen molar-refractivity contribution in [1.82, 2.24) is 14.9 Å². The van der Waals surface area contributed by atoms with E-state index >= 15 is 0 Å². The molecule has 4 aromatic carbocycles. The summed E-state index contributed by atoms with van der Waals surface area (Å²) in [5.41, 5.74) is 3.65. The van der Waals surface area contributed by atoms with Gasteiger partial charge in [0.2, 0.25) is 0 Å². The molecular formula is C38H38BrN5O8S. The van der Waals surface area contributed by atoms with Gasteiger partial charge >= 0.3 is 0 Å². The van der Waals surface area contributed by atoms with Crippen LogP contribution in [-0.2, 0) is 23.1 Å². The highest BCUT2D eigenvalue weighted by molar-refractivity contribution is 9.10. The number of hydrogen-bond donors (Lipinski definition) is 1. The average Bonchev–Trinajstić information content (AvgIpc) is 3.84. The van der Waals surface area contributed by atoms with Gasteiger partial charge in [-0.1, -0.05) is 45.4 Å². The maximum Gasteiger partial charge on any atom is 0.273 e. The number of nitrogens with zero attached hydrogens (tertiary/aromatic N) is 4. The molecule has 1 aliphatic rings. The van der Waals surface area contributed by atoms with Gasteiger partial charge in [0.15, 0.2) is 16.3 Å². The summed E-state index contributed by atoms with van der Waals surface area (Å²) < 4.78 is 66.8. The van der Waals surface area contributed by atoms with Gasteiger partial charge < -0.3 is 33.5 Å². The smallest absolute Gasteiger partial charge is 0.273 e. The summed E-state index contributed by atoms with van der Waals surface area (Å²) in [7, 11) is 3.14. The third kappa shape index (κ3) is 7.31. The van der Waals surface area contributed by atoms with Crippen molar-refractivity contribution in [3.63, 3.8) is 0 Å². The number of ether oxygens (including phenoxy) is 5. The van der Waals surface area contributed by atoms with Crippen molar-refractivity contribution in [2.75, 3.05) is 45.2 Å². The molecule has 13 nitrogen and oxygen atoms in total. The molecule has 6 aromatic rings. The van der Waals surface area contributed by atoms with Crippen LogP contribution >= 0.6 is 15.9 Å². The number of benzene rings is 4. The van der Waals surface area contributed by atoms with Gasteiger partial charge in [0.1, 0.15) is 34.6 Å². The molecule has 0 atom stereocenters. The van der Waals surface area contributed by atoms with E-state index in [9.17, 15) is 8.42 Å². The van der Waals surface area contributed by atoms with Crippen molar-refractivity contribution >= 4 is 54.2 Å². The standard InChI is InChI=1S/C38H38BrN5O8S/c1-47-27-12-6-23(7-13-27)21-43-36(20-30(41-43)25-10-11-25)40-31-19-32-29(18-33(31)49-3)38(42-52-32)44(22-24-8-14-28(48-2)15-9-24)53(45,46)37-34(50-4)16-26(39)17-35(37)51-5/h6-9,12-20,25,40H,10-11,21-22H2,1-5H3. The van der Waals surface area contributed by atoms with Crippen molar-refractivity contribution in [2.45, 2.75) is 36.7 Å². The molecule has 1 saturated carbocycles. The highest BCUT2D eigenvalue weighted by Gasteiger charge is 2.36. The first-order valence-corrected chi connectivity index (χ1v) is 18.9. The lowest BCUT2D eigenvalue weighted by molar-refractivity contribution is 0.372. The van der Waals surface area contributed by atoms with Gasteiger partial charge in [0.05, 0.1) is 65.4 Å². The molecule has 0 amide bonds. The van der Waals surface area contributed by atoms with E-state index < -0.39 is 10.0 Å². The summed E-state index contributed by atoms with van der Waals surface area (Å²) in [6.45, 7) is 0.421. The molecule has 15 heteroatoms. The zero-order valence-electron chi connectivity index (χ0n) is 29.8. The molecule has 0 saturated heterocycles. The first kappa shape index (κ1) is 36.0. The van der Waals surface area contributed by atoms with Crippen LogP contribution in [0.25, 0.3) is 11.0 Å². The van der Waals surface area contributed by atoms with E-state index in [1.54, 1.807) is 69.9 Å². The zero-order valence-corrected chi connectivity index (χ0v) is 32.2. The van der Waals surface area contributed by atoms with Crippen molar-refractivity contribution in [3.05, 3.63) is 100 Å². The van der Waals surface area contributed by atoms with E-state index in [2.05, 4.69) is 32.5 Å². The number of hydrogen-bond acceptors (Lipinski definition) is 11. The van der Waals surface area contributed by atoms with Crippen molar-refractivity contribution < 1.29 is 36.6 Å². The zero-order chi connectivity index (χ0) is 37.3. The summed E-state index contributed by atoms with van der Waals surface area (Å²) in [6, 6.07) is 23.6. The Morgan fingerprint density at radius 1 is 0.811 bits per heavy atom. The minimum atomic E-state index is -4.42. The number of nitrogens with one attached hydrogen (secondary N) is 1. The van der Waals surface area contributed by atoms with Crippen molar-refractivity contribution in [1.29, 1.82) is 0 Å². The number of aromatic nitrogens is 3. The van der Waals surface area contributed by atoms with Crippen LogP contribution in [-0.4, -0.2) is 58.9 Å². The Balaban J connectivity index is 1.30. The van der Waals surface area contributed by atoms with Crippen LogP contribution < -0.4 is 33.3 Å². The Bertz CT molecular complexity index is 2330. The summed E-state index contributed by atoms with van der Waals surface area (Å²) in [6.07, 6.45) is 2.20. The maximum absolute atomic E-state index is 14.8. The number of halogens is 1. The minimum Gasteiger partial charge on any atom is -0.497 e. The van der Waals surface area contributed by atoms with E-state index in [0.717, 1.165) is 35.7 Å². The van der Waals surface area contributed by atoms with E-state index in [-0.39, 0.29) is 28.8 Å². The summed E-state index contributed by atoms with van der Waals surface area (Å²) >= 11 is 3.42. The molecule has 0 bridgehead atoms. The normalized spacial score (nSPS) is 12.8. The van der Waals surface area contributed by atoms with Gasteiger partial charge in [-0.25, -0.2) is 17.4 Å². The maximum atomic E-state index is 14.8. The van der Waals surface area contributed by atoms with Gasteiger partial charge in [-0.05, 0) is 66.4 Å². The third-order valence-corrected chi connectivity index (χ3v) is 11.3. The Labute approximate surface area is 315 Å². The van der Waals surface area contributed by atoms with Crippen LogP contribution in [0.15, 0.2) is 92.8 Å². The predicted molar refractivity (Wildman–Crippen MR) is 204 cm³/mol. The van der Waals surface area contributed by atoms with Gasteiger partial charge in [-0.15, -0.1) is 0 Å². The lowest BCUT2D eigenvalue weighted by Gasteiger charge is -2.25. The molecule has 1 N–H and O–H groups in total. The second-order valence-corrected chi connectivity index (χ2v) is 15.1. The molecule has 0 aliphatic heterocycles. The van der Waals surface area contributed by atoms with Crippen LogP contribution in [0.4, 0.5) is 17.3 Å². The Kier molecular flexibility index (Phi) is 10.1. The first-order chi connectivity index (χ1) is 25.6. The van der Waals surface area contributed by atoms with Crippen molar-refractivity contribution in [2.24, 2.45) is 0 Å². The monoisotopic (exact) mass is 803 g/mol. The number of fused-ring (bicyclic) bond motifs is 1. The molecule has 53 heavy (non-hydrogen) atoms. The molecule has 2 aromatic heterocycles. The number of rotatable bonds is 15. The second-order valence-electron chi connectivity index (χ2n) is 12.4. The van der Waals surface area contributed by atoms with Gasteiger partial charge in [-0.2, -0.15) is 5.10 Å². The number of anilines is 3. The fourth-order valence-corrected chi connectivity index (χ4v) is 8.17. The predicted octanol–water partition coefficient (Wildman–Crippen LogP) is 7.89. The van der Waals surface area contributed by atoms with Crippen LogP contribution in [0.5, 0.6) is 28.7 Å². The molecule has 0 spiro atoms. The topological polar surface area (TPSA) is 139 Å². The van der Waals surface area contributed by atoms with E-state index in [4.69, 9.17) is 33.3 Å². The number of methoxy groups -OCH3 is 5. The summed E-state index contributed by atoms with van der Waals surface area (Å²) in [4.78, 5) is -0.169. The fraction of sp³-hybridized carbons (Fsp3) is 0.263. The van der Waals surface area contributed by atoms with Crippen LogP contribution in [0.3, 0.4) is 0 Å². The lowest BCUT2D eigenvalue weighted by Crippen LogP contribution is -2.31. The molecule has 276 valence electrons. The Morgan fingerprint density at radius 3 is 1.98 bits per heavy atom. The SMILES string of the molecule is COc1ccc(CN(c2noc3cc(Nc4cc(C5CC5)nn4Cc4ccc(OC)cc4)c(OC)cc23)S(=O)(=O)c2c(OC)cc(Br)cc2OC)cc1. The minimum absolute atomic E-state index is 0.0493. The van der Waals surface area contributed by atoms with Gasteiger partial charge in [-0.3, -0.25) is 0 Å². The van der Waals surface area contributed by atoms with Crippen molar-refractivity contribution in [3.8, 4) is 28.7 Å². The molecule has 0 unspecified atom stereocenters. The fourth-order valence-electron chi connectivity index (χ4n) is 6.06. The molecular weight excluding hydrogens is 766 g/mol. The second kappa shape index (κ2) is 14.9. The molecule has 0 radical (unpaired) electrons. The van der Waals surface area contributed by atoms with Gasteiger partial charge in [0, 0.05) is 22.5 Å². The van der Waals surface area contributed by atoms with E-state index in [1.807, 2.05) is 28.9 Å².